The Morgan fingerprint density at radius 2 is 2.28 bits per heavy atom. The average molecular weight is 262 g/mol. The minimum Gasteiger partial charge on any atom is -0.336 e. The van der Waals surface area contributed by atoms with Crippen LogP contribution in [0.15, 0.2) is 43.0 Å². The quantitative estimate of drug-likeness (QED) is 0.897. The van der Waals surface area contributed by atoms with Crippen LogP contribution < -0.4 is 5.32 Å². The van der Waals surface area contributed by atoms with E-state index in [0.717, 1.165) is 18.1 Å². The molecule has 1 heterocycles. The molecule has 1 aliphatic carbocycles. The van der Waals surface area contributed by atoms with Crippen molar-refractivity contribution < 1.29 is 0 Å². The predicted molar refractivity (Wildman–Crippen MR) is 72.6 cm³/mol. The molecule has 0 spiro atoms. The highest BCUT2D eigenvalue weighted by Gasteiger charge is 2.43. The molecule has 2 aromatic rings. The average Bonchev–Trinajstić information content (AvgIpc) is 2.97. The summed E-state index contributed by atoms with van der Waals surface area (Å²) in [5.74, 6) is 0. The molecule has 4 heteroatoms. The standard InChI is InChI=1S/C14H16ClN3/c15-13-3-1-2-12(10-13)14(4-5-14)17-7-9-18-8-6-16-11-18/h1-3,6,8,10-11,17H,4-5,7,9H2. The van der Waals surface area contributed by atoms with Crippen LogP contribution in [0.3, 0.4) is 0 Å². The number of aromatic nitrogens is 2. The summed E-state index contributed by atoms with van der Waals surface area (Å²) in [5.41, 5.74) is 1.46. The first kappa shape index (κ1) is 11.8. The lowest BCUT2D eigenvalue weighted by Crippen LogP contribution is -2.31. The fraction of sp³-hybridized carbons (Fsp3) is 0.357. The number of nitrogens with one attached hydrogen (secondary N) is 1. The Hall–Kier alpha value is -1.32. The van der Waals surface area contributed by atoms with Crippen LogP contribution in [0, 0.1) is 0 Å². The van der Waals surface area contributed by atoms with Crippen LogP contribution in [-0.4, -0.2) is 16.1 Å². The second kappa shape index (κ2) is 4.75. The molecule has 1 aromatic carbocycles. The maximum Gasteiger partial charge on any atom is 0.0946 e. The number of halogens is 1. The first-order valence-corrected chi connectivity index (χ1v) is 6.63. The lowest BCUT2D eigenvalue weighted by molar-refractivity contribution is 0.489. The summed E-state index contributed by atoms with van der Waals surface area (Å²) in [7, 11) is 0. The van der Waals surface area contributed by atoms with E-state index in [1.807, 2.05) is 30.9 Å². The van der Waals surface area contributed by atoms with Crippen LogP contribution in [0.25, 0.3) is 0 Å². The van der Waals surface area contributed by atoms with Gasteiger partial charge in [-0.05, 0) is 30.5 Å². The van der Waals surface area contributed by atoms with Crippen LogP contribution >= 0.6 is 11.6 Å². The van der Waals surface area contributed by atoms with Gasteiger partial charge >= 0.3 is 0 Å². The third kappa shape index (κ3) is 2.42. The molecule has 0 bridgehead atoms. The van der Waals surface area contributed by atoms with E-state index in [2.05, 4.69) is 27.0 Å². The lowest BCUT2D eigenvalue weighted by atomic mass is 10.1. The molecular formula is C14H16ClN3. The molecular weight excluding hydrogens is 246 g/mol. The van der Waals surface area contributed by atoms with Crippen molar-refractivity contribution in [2.45, 2.75) is 24.9 Å². The van der Waals surface area contributed by atoms with E-state index in [1.165, 1.54) is 18.4 Å². The van der Waals surface area contributed by atoms with E-state index in [9.17, 15) is 0 Å². The van der Waals surface area contributed by atoms with Gasteiger partial charge in [-0.2, -0.15) is 0 Å². The molecule has 94 valence electrons. The van der Waals surface area contributed by atoms with E-state index in [0.29, 0.717) is 0 Å². The number of hydrogen-bond acceptors (Lipinski definition) is 2. The second-order valence-corrected chi connectivity index (χ2v) is 5.26. The minimum atomic E-state index is 0.158. The number of imidazole rings is 1. The van der Waals surface area contributed by atoms with Gasteiger partial charge in [0.1, 0.15) is 0 Å². The number of hydrogen-bond donors (Lipinski definition) is 1. The summed E-state index contributed by atoms with van der Waals surface area (Å²) in [4.78, 5) is 4.04. The molecule has 3 rings (SSSR count). The maximum absolute atomic E-state index is 6.05. The molecule has 0 atom stereocenters. The summed E-state index contributed by atoms with van der Waals surface area (Å²) < 4.78 is 2.08. The number of rotatable bonds is 5. The lowest BCUT2D eigenvalue weighted by Gasteiger charge is -2.18. The zero-order chi connectivity index (χ0) is 12.4. The minimum absolute atomic E-state index is 0.158. The van der Waals surface area contributed by atoms with Crippen molar-refractivity contribution in [3.05, 3.63) is 53.6 Å². The van der Waals surface area contributed by atoms with E-state index in [4.69, 9.17) is 11.6 Å². The van der Waals surface area contributed by atoms with Crippen LogP contribution in [0.1, 0.15) is 18.4 Å². The summed E-state index contributed by atoms with van der Waals surface area (Å²) in [5, 5.41) is 4.46. The molecule has 18 heavy (non-hydrogen) atoms. The largest absolute Gasteiger partial charge is 0.336 e. The molecule has 0 saturated heterocycles. The highest BCUT2D eigenvalue weighted by atomic mass is 35.5. The van der Waals surface area contributed by atoms with Gasteiger partial charge in [-0.15, -0.1) is 0 Å². The van der Waals surface area contributed by atoms with E-state index >= 15 is 0 Å². The van der Waals surface area contributed by atoms with Crippen LogP contribution in [-0.2, 0) is 12.1 Å². The first-order valence-electron chi connectivity index (χ1n) is 6.25. The van der Waals surface area contributed by atoms with Crippen molar-refractivity contribution in [3.63, 3.8) is 0 Å². The number of nitrogens with zero attached hydrogens (tertiary/aromatic N) is 2. The van der Waals surface area contributed by atoms with Crippen molar-refractivity contribution in [2.24, 2.45) is 0 Å². The van der Waals surface area contributed by atoms with Gasteiger partial charge in [0.05, 0.1) is 6.33 Å². The summed E-state index contributed by atoms with van der Waals surface area (Å²) in [6.07, 6.45) is 8.03. The highest BCUT2D eigenvalue weighted by Crippen LogP contribution is 2.45. The molecule has 1 N–H and O–H groups in total. The Labute approximate surface area is 112 Å². The third-order valence-electron chi connectivity index (χ3n) is 3.52. The van der Waals surface area contributed by atoms with E-state index in [1.54, 1.807) is 0 Å². The van der Waals surface area contributed by atoms with Crippen LogP contribution in [0.4, 0.5) is 0 Å². The Morgan fingerprint density at radius 3 is 2.94 bits per heavy atom. The molecule has 1 aliphatic rings. The van der Waals surface area contributed by atoms with Gasteiger partial charge in [0, 0.05) is 36.0 Å². The second-order valence-electron chi connectivity index (χ2n) is 4.82. The van der Waals surface area contributed by atoms with E-state index < -0.39 is 0 Å². The molecule has 0 radical (unpaired) electrons. The van der Waals surface area contributed by atoms with Crippen molar-refractivity contribution in [2.75, 3.05) is 6.54 Å². The van der Waals surface area contributed by atoms with Crippen molar-refractivity contribution in [1.82, 2.24) is 14.9 Å². The van der Waals surface area contributed by atoms with Gasteiger partial charge in [0.2, 0.25) is 0 Å². The van der Waals surface area contributed by atoms with Crippen LogP contribution in [0.5, 0.6) is 0 Å². The van der Waals surface area contributed by atoms with Gasteiger partial charge < -0.3 is 9.88 Å². The molecule has 0 unspecified atom stereocenters. The molecule has 0 aliphatic heterocycles. The molecule has 1 saturated carbocycles. The first-order chi connectivity index (χ1) is 8.78. The summed E-state index contributed by atoms with van der Waals surface area (Å²) >= 11 is 6.05. The third-order valence-corrected chi connectivity index (χ3v) is 3.75. The van der Waals surface area contributed by atoms with E-state index in [-0.39, 0.29) is 5.54 Å². The topological polar surface area (TPSA) is 29.9 Å². The highest BCUT2D eigenvalue weighted by molar-refractivity contribution is 6.30. The summed E-state index contributed by atoms with van der Waals surface area (Å²) in [6, 6.07) is 8.17. The Morgan fingerprint density at radius 1 is 1.39 bits per heavy atom. The molecule has 3 nitrogen and oxygen atoms in total. The summed E-state index contributed by atoms with van der Waals surface area (Å²) in [6.45, 7) is 1.89. The Kier molecular flexibility index (Phi) is 3.10. The fourth-order valence-electron chi connectivity index (χ4n) is 2.32. The van der Waals surface area contributed by atoms with Gasteiger partial charge in [-0.3, -0.25) is 0 Å². The van der Waals surface area contributed by atoms with Crippen molar-refractivity contribution >= 4 is 11.6 Å². The Balaban J connectivity index is 1.62. The molecule has 1 aromatic heterocycles. The SMILES string of the molecule is Clc1cccc(C2(NCCn3ccnc3)CC2)c1. The predicted octanol–water partition coefficient (Wildman–Crippen LogP) is 2.82. The maximum atomic E-state index is 6.05. The van der Waals surface area contributed by atoms with Crippen LogP contribution in [0.2, 0.25) is 5.02 Å². The zero-order valence-electron chi connectivity index (χ0n) is 10.1. The van der Waals surface area contributed by atoms with Crippen molar-refractivity contribution in [3.8, 4) is 0 Å². The van der Waals surface area contributed by atoms with Gasteiger partial charge in [-0.25, -0.2) is 4.98 Å². The molecule has 1 fully saturated rings. The number of benzene rings is 1. The van der Waals surface area contributed by atoms with Gasteiger partial charge in [0.15, 0.2) is 0 Å². The molecule has 0 amide bonds. The van der Waals surface area contributed by atoms with Crippen molar-refractivity contribution in [1.29, 1.82) is 0 Å². The smallest absolute Gasteiger partial charge is 0.0946 e. The van der Waals surface area contributed by atoms with Gasteiger partial charge in [0.25, 0.3) is 0 Å². The fourth-order valence-corrected chi connectivity index (χ4v) is 2.51. The monoisotopic (exact) mass is 261 g/mol. The zero-order valence-corrected chi connectivity index (χ0v) is 10.9. The van der Waals surface area contributed by atoms with Gasteiger partial charge in [-0.1, -0.05) is 23.7 Å². The Bertz CT molecular complexity index is 518. The normalized spacial score (nSPS) is 16.7.